The van der Waals surface area contributed by atoms with Gasteiger partial charge in [-0.3, -0.25) is 9.59 Å². The monoisotopic (exact) mass is 962 g/mol. The quantitative estimate of drug-likeness (QED) is 0.0321. The lowest BCUT2D eigenvalue weighted by atomic mass is 10.0. The molecule has 0 spiro atoms. The summed E-state index contributed by atoms with van der Waals surface area (Å²) >= 11 is 0. The molecule has 1 amide bonds. The van der Waals surface area contributed by atoms with Gasteiger partial charge in [0.1, 0.15) is 6.10 Å². The van der Waals surface area contributed by atoms with Crippen LogP contribution in [0, 0.1) is 0 Å². The second kappa shape index (κ2) is 56.0. The summed E-state index contributed by atoms with van der Waals surface area (Å²) in [5.41, 5.74) is 0. The number of carbonyl (C=O) groups is 2. The van der Waals surface area contributed by atoms with Crippen molar-refractivity contribution in [3.63, 3.8) is 0 Å². The van der Waals surface area contributed by atoms with E-state index in [0.29, 0.717) is 19.3 Å². The van der Waals surface area contributed by atoms with Crippen molar-refractivity contribution >= 4 is 11.9 Å². The second-order valence-electron chi connectivity index (χ2n) is 19.7. The van der Waals surface area contributed by atoms with Gasteiger partial charge in [-0.2, -0.15) is 0 Å². The van der Waals surface area contributed by atoms with Gasteiger partial charge in [0, 0.05) is 6.42 Å². The maximum atomic E-state index is 13.3. The van der Waals surface area contributed by atoms with Crippen molar-refractivity contribution in [2.24, 2.45) is 0 Å². The molecule has 0 bridgehead atoms. The van der Waals surface area contributed by atoms with Crippen molar-refractivity contribution in [3.05, 3.63) is 85.1 Å². The van der Waals surface area contributed by atoms with Crippen LogP contribution in [0.15, 0.2) is 85.1 Å². The lowest BCUT2D eigenvalue weighted by Crippen LogP contribution is -2.46. The van der Waals surface area contributed by atoms with E-state index in [1.54, 1.807) is 0 Å². The van der Waals surface area contributed by atoms with E-state index in [2.05, 4.69) is 111 Å². The topological polar surface area (TPSA) is 95.9 Å². The van der Waals surface area contributed by atoms with Gasteiger partial charge in [-0.25, -0.2) is 0 Å². The molecule has 0 saturated carbocycles. The predicted octanol–water partition coefficient (Wildman–Crippen LogP) is 18.3. The van der Waals surface area contributed by atoms with Gasteiger partial charge >= 0.3 is 5.97 Å². The van der Waals surface area contributed by atoms with Crippen molar-refractivity contribution in [2.75, 3.05) is 6.61 Å². The van der Waals surface area contributed by atoms with Gasteiger partial charge in [0.2, 0.25) is 5.91 Å². The zero-order chi connectivity index (χ0) is 50.2. The highest BCUT2D eigenvalue weighted by Gasteiger charge is 2.24. The first-order valence-corrected chi connectivity index (χ1v) is 29.3. The summed E-state index contributed by atoms with van der Waals surface area (Å²) in [7, 11) is 0. The molecule has 0 saturated heterocycles. The minimum Gasteiger partial charge on any atom is -0.462 e. The molecule has 69 heavy (non-hydrogen) atoms. The molecule has 0 aliphatic rings. The highest BCUT2D eigenvalue weighted by atomic mass is 16.5. The first-order valence-electron chi connectivity index (χ1n) is 29.3. The predicted molar refractivity (Wildman–Crippen MR) is 301 cm³/mol. The SMILES string of the molecule is CCCCC/C=C\C/C=C\C/C=C\C/C=C\CCCC(CC(=O)NC(CO)C(O)CCCCCCCCCCCCCCCC)OC(=O)CCCCCCCC/C=C\C/C=C\C/C=C\CCCCC. The maximum Gasteiger partial charge on any atom is 0.306 e. The number of nitrogens with one attached hydrogen (secondary N) is 1. The van der Waals surface area contributed by atoms with Crippen molar-refractivity contribution in [3.8, 4) is 0 Å². The molecular weight excluding hydrogens is 851 g/mol. The number of allylic oxidation sites excluding steroid dienone is 14. The number of esters is 1. The van der Waals surface area contributed by atoms with Crippen molar-refractivity contribution < 1.29 is 24.5 Å². The molecule has 0 aromatic heterocycles. The summed E-state index contributed by atoms with van der Waals surface area (Å²) in [5.74, 6) is -0.541. The van der Waals surface area contributed by atoms with E-state index in [0.717, 1.165) is 89.9 Å². The van der Waals surface area contributed by atoms with Crippen LogP contribution in [-0.4, -0.2) is 46.9 Å². The Bertz CT molecular complexity index is 1310. The molecule has 6 nitrogen and oxygen atoms in total. The van der Waals surface area contributed by atoms with Gasteiger partial charge in [-0.15, -0.1) is 0 Å². The molecule has 0 heterocycles. The first-order chi connectivity index (χ1) is 34.0. The molecule has 0 aromatic rings. The summed E-state index contributed by atoms with van der Waals surface area (Å²) in [6, 6.07) is -0.727. The summed E-state index contributed by atoms with van der Waals surface area (Å²) in [4.78, 5) is 26.3. The molecule has 0 aromatic carbocycles. The van der Waals surface area contributed by atoms with Crippen LogP contribution in [0.25, 0.3) is 0 Å². The van der Waals surface area contributed by atoms with Crippen LogP contribution in [0.4, 0.5) is 0 Å². The van der Waals surface area contributed by atoms with Crippen LogP contribution in [0.3, 0.4) is 0 Å². The average Bonchev–Trinajstić information content (AvgIpc) is 3.34. The summed E-state index contributed by atoms with van der Waals surface area (Å²) in [5, 5.41) is 23.9. The van der Waals surface area contributed by atoms with Crippen molar-refractivity contribution in [2.45, 2.75) is 296 Å². The van der Waals surface area contributed by atoms with Crippen LogP contribution in [-0.2, 0) is 14.3 Å². The Labute approximate surface area is 427 Å². The van der Waals surface area contributed by atoms with Gasteiger partial charge in [-0.05, 0) is 103 Å². The van der Waals surface area contributed by atoms with E-state index >= 15 is 0 Å². The van der Waals surface area contributed by atoms with Crippen LogP contribution in [0.1, 0.15) is 278 Å². The Morgan fingerprint density at radius 1 is 0.420 bits per heavy atom. The third-order valence-electron chi connectivity index (χ3n) is 12.9. The Morgan fingerprint density at radius 2 is 0.754 bits per heavy atom. The molecule has 0 aliphatic heterocycles. The largest absolute Gasteiger partial charge is 0.462 e. The smallest absolute Gasteiger partial charge is 0.306 e. The number of hydrogen-bond donors (Lipinski definition) is 3. The third kappa shape index (κ3) is 51.2. The zero-order valence-electron chi connectivity index (χ0n) is 45.4. The fourth-order valence-electron chi connectivity index (χ4n) is 8.49. The number of rotatable bonds is 52. The molecule has 6 heteroatoms. The van der Waals surface area contributed by atoms with E-state index in [4.69, 9.17) is 4.74 Å². The first kappa shape index (κ1) is 66.0. The minimum absolute atomic E-state index is 0.0315. The number of ether oxygens (including phenoxy) is 1. The van der Waals surface area contributed by atoms with Crippen molar-refractivity contribution in [1.82, 2.24) is 5.32 Å². The Balaban J connectivity index is 4.69. The summed E-state index contributed by atoms with van der Waals surface area (Å²) < 4.78 is 5.93. The van der Waals surface area contributed by atoms with Crippen LogP contribution in [0.5, 0.6) is 0 Å². The average molecular weight is 963 g/mol. The number of hydrogen-bond acceptors (Lipinski definition) is 5. The van der Waals surface area contributed by atoms with Gasteiger partial charge in [-0.1, -0.05) is 247 Å². The Hall–Kier alpha value is -2.96. The molecule has 3 unspecified atom stereocenters. The minimum atomic E-state index is -0.809. The lowest BCUT2D eigenvalue weighted by molar-refractivity contribution is -0.151. The van der Waals surface area contributed by atoms with Crippen LogP contribution < -0.4 is 5.32 Å². The molecule has 3 atom stereocenters. The van der Waals surface area contributed by atoms with Gasteiger partial charge < -0.3 is 20.3 Å². The van der Waals surface area contributed by atoms with E-state index in [1.165, 1.54) is 141 Å². The summed E-state index contributed by atoms with van der Waals surface area (Å²) in [6.07, 6.45) is 73.6. The van der Waals surface area contributed by atoms with Crippen LogP contribution in [0.2, 0.25) is 0 Å². The number of amides is 1. The highest BCUT2D eigenvalue weighted by Crippen LogP contribution is 2.17. The third-order valence-corrected chi connectivity index (χ3v) is 12.9. The van der Waals surface area contributed by atoms with Gasteiger partial charge in [0.05, 0.1) is 25.2 Å². The van der Waals surface area contributed by atoms with E-state index in [9.17, 15) is 19.8 Å². The molecule has 398 valence electrons. The van der Waals surface area contributed by atoms with Crippen LogP contribution >= 0.6 is 0 Å². The molecule has 0 rings (SSSR count). The highest BCUT2D eigenvalue weighted by molar-refractivity contribution is 5.77. The number of aliphatic hydroxyl groups is 2. The Kier molecular flexibility index (Phi) is 53.6. The zero-order valence-corrected chi connectivity index (χ0v) is 45.4. The molecule has 0 fully saturated rings. The van der Waals surface area contributed by atoms with E-state index in [1.807, 2.05) is 0 Å². The molecule has 0 radical (unpaired) electrons. The molecule has 0 aliphatic carbocycles. The van der Waals surface area contributed by atoms with E-state index in [-0.39, 0.29) is 24.9 Å². The maximum absolute atomic E-state index is 13.3. The fourth-order valence-corrected chi connectivity index (χ4v) is 8.49. The standard InChI is InChI=1S/C63H111NO5/c1-4-7-10-13-16-19-22-25-28-30-31-33-35-38-41-44-47-50-53-56-63(68)69-59(54-51-48-45-42-39-36-34-32-29-26-23-20-17-14-11-8-5-2)57-62(67)64-60(58-65)61(66)55-52-49-46-43-40-37-27-24-21-18-15-12-9-6-3/h16-17,19-20,25-26,28-29,31,33-34,36,42,45,59-61,65-66H,4-15,18,21-24,27,30,32,35,37-41,43-44,46-58H2,1-3H3,(H,64,67)/b19-16-,20-17-,28-25-,29-26-,33-31-,36-34-,45-42-. The normalized spacial score (nSPS) is 13.8. The van der Waals surface area contributed by atoms with Gasteiger partial charge in [0.25, 0.3) is 0 Å². The molecular formula is C63H111NO5. The lowest BCUT2D eigenvalue weighted by Gasteiger charge is -2.24. The number of aliphatic hydroxyl groups excluding tert-OH is 2. The van der Waals surface area contributed by atoms with Crippen molar-refractivity contribution in [1.29, 1.82) is 0 Å². The second-order valence-corrected chi connectivity index (χ2v) is 19.7. The molecule has 3 N–H and O–H groups in total. The number of unbranched alkanes of at least 4 members (excludes halogenated alkanes) is 26. The summed E-state index contributed by atoms with van der Waals surface area (Å²) in [6.45, 7) is 6.43. The number of carbonyl (C=O) groups excluding carboxylic acids is 2. The Morgan fingerprint density at radius 3 is 1.17 bits per heavy atom. The van der Waals surface area contributed by atoms with E-state index < -0.39 is 18.2 Å². The van der Waals surface area contributed by atoms with Gasteiger partial charge in [0.15, 0.2) is 0 Å². The fraction of sp³-hybridized carbons (Fsp3) is 0.746.